The molecule has 2 aliphatic heterocycles. The molecule has 0 unspecified atom stereocenters. The van der Waals surface area contributed by atoms with Crippen LogP contribution < -0.4 is 10.6 Å². The van der Waals surface area contributed by atoms with Gasteiger partial charge in [-0.05, 0) is 38.3 Å². The van der Waals surface area contributed by atoms with Gasteiger partial charge in [0.25, 0.3) is 5.91 Å². The van der Waals surface area contributed by atoms with Crippen molar-refractivity contribution in [1.82, 2.24) is 10.2 Å². The van der Waals surface area contributed by atoms with Crippen LogP contribution in [0, 0.1) is 6.92 Å². The van der Waals surface area contributed by atoms with Crippen molar-refractivity contribution in [2.45, 2.75) is 45.9 Å². The van der Waals surface area contributed by atoms with Gasteiger partial charge in [-0.15, -0.1) is 11.3 Å². The van der Waals surface area contributed by atoms with E-state index < -0.39 is 6.17 Å². The van der Waals surface area contributed by atoms with Gasteiger partial charge < -0.3 is 15.7 Å². The number of phenolic OH excluding ortho intramolecular Hbond substituents is 1. The van der Waals surface area contributed by atoms with Gasteiger partial charge in [0.1, 0.15) is 16.9 Å². The zero-order valence-electron chi connectivity index (χ0n) is 14.7. The molecule has 0 saturated heterocycles. The monoisotopic (exact) mass is 357 g/mol. The van der Waals surface area contributed by atoms with Gasteiger partial charge in [0.15, 0.2) is 0 Å². The van der Waals surface area contributed by atoms with Gasteiger partial charge >= 0.3 is 0 Å². The highest BCUT2D eigenvalue weighted by atomic mass is 32.1. The Balaban J connectivity index is 1.68. The Morgan fingerprint density at radius 1 is 1.32 bits per heavy atom. The number of rotatable bonds is 2. The van der Waals surface area contributed by atoms with Crippen molar-refractivity contribution < 1.29 is 9.90 Å². The molecule has 3 heterocycles. The van der Waals surface area contributed by atoms with E-state index in [1.165, 1.54) is 10.4 Å². The molecule has 0 saturated carbocycles. The van der Waals surface area contributed by atoms with Crippen molar-refractivity contribution in [3.63, 3.8) is 0 Å². The summed E-state index contributed by atoms with van der Waals surface area (Å²) >= 11 is 1.68. The molecular weight excluding hydrogens is 334 g/mol. The van der Waals surface area contributed by atoms with Gasteiger partial charge in [0, 0.05) is 29.6 Å². The number of carbonyl (C=O) groups is 1. The number of aryl methyl sites for hydroxylation is 1. The van der Waals surface area contributed by atoms with E-state index in [0.29, 0.717) is 11.6 Å². The minimum Gasteiger partial charge on any atom is -0.507 e. The normalized spacial score (nSPS) is 20.0. The molecule has 2 aliphatic rings. The summed E-state index contributed by atoms with van der Waals surface area (Å²) in [5.74, 6) is 0.186. The van der Waals surface area contributed by atoms with E-state index in [4.69, 9.17) is 0 Å². The summed E-state index contributed by atoms with van der Waals surface area (Å²) in [5.41, 5.74) is 3.49. The SMILES string of the molecule is Cc1cccc([C@H]2NC(=O)c3c(sc4c3CCN(C(C)C)C4)N2)c1O. The third kappa shape index (κ3) is 2.69. The lowest BCUT2D eigenvalue weighted by Crippen LogP contribution is -2.39. The number of hydrogen-bond acceptors (Lipinski definition) is 5. The fourth-order valence-electron chi connectivity index (χ4n) is 3.65. The number of nitrogens with zero attached hydrogens (tertiary/aromatic N) is 1. The number of thiophene rings is 1. The standard InChI is InChI=1S/C19H23N3O2S/c1-10(2)22-8-7-12-14(9-22)25-19-15(12)18(24)20-17(21-19)13-6-4-5-11(3)16(13)23/h4-6,10,17,21,23H,7-9H2,1-3H3,(H,20,24)/t17-/m0/s1. The lowest BCUT2D eigenvalue weighted by atomic mass is 9.99. The zero-order valence-corrected chi connectivity index (χ0v) is 15.5. The fourth-order valence-corrected chi connectivity index (χ4v) is 4.95. The Labute approximate surface area is 151 Å². The summed E-state index contributed by atoms with van der Waals surface area (Å²) in [6.45, 7) is 8.17. The first-order valence-electron chi connectivity index (χ1n) is 8.70. The number of para-hydroxylation sites is 1. The van der Waals surface area contributed by atoms with Crippen molar-refractivity contribution in [2.75, 3.05) is 11.9 Å². The summed E-state index contributed by atoms with van der Waals surface area (Å²) in [6.07, 6.45) is 0.510. The van der Waals surface area contributed by atoms with Crippen LogP contribution in [0.25, 0.3) is 0 Å². The van der Waals surface area contributed by atoms with E-state index in [2.05, 4.69) is 29.4 Å². The molecule has 3 N–H and O–H groups in total. The number of aromatic hydroxyl groups is 1. The molecule has 0 radical (unpaired) electrons. The van der Waals surface area contributed by atoms with Crippen LogP contribution in [-0.2, 0) is 13.0 Å². The van der Waals surface area contributed by atoms with Gasteiger partial charge in [-0.1, -0.05) is 18.2 Å². The van der Waals surface area contributed by atoms with Crippen LogP contribution in [0.2, 0.25) is 0 Å². The minimum absolute atomic E-state index is 0.0462. The van der Waals surface area contributed by atoms with Crippen LogP contribution in [0.15, 0.2) is 18.2 Å². The van der Waals surface area contributed by atoms with E-state index in [-0.39, 0.29) is 11.7 Å². The first kappa shape index (κ1) is 16.4. The maximum absolute atomic E-state index is 12.8. The highest BCUT2D eigenvalue weighted by Crippen LogP contribution is 2.42. The maximum Gasteiger partial charge on any atom is 0.256 e. The molecule has 25 heavy (non-hydrogen) atoms. The molecule has 0 bridgehead atoms. The first-order chi connectivity index (χ1) is 12.0. The van der Waals surface area contributed by atoms with Crippen LogP contribution in [0.4, 0.5) is 5.00 Å². The molecule has 4 rings (SSSR count). The fraction of sp³-hybridized carbons (Fsp3) is 0.421. The molecule has 1 aromatic heterocycles. The van der Waals surface area contributed by atoms with Crippen LogP contribution in [-0.4, -0.2) is 28.5 Å². The van der Waals surface area contributed by atoms with Crippen LogP contribution in [0.3, 0.4) is 0 Å². The van der Waals surface area contributed by atoms with Crippen molar-refractivity contribution >= 4 is 22.2 Å². The summed E-state index contributed by atoms with van der Waals surface area (Å²) < 4.78 is 0. The van der Waals surface area contributed by atoms with Crippen LogP contribution in [0.1, 0.15) is 51.9 Å². The third-order valence-electron chi connectivity index (χ3n) is 5.17. The quantitative estimate of drug-likeness (QED) is 0.771. The number of carbonyl (C=O) groups excluding carboxylic acids is 1. The summed E-state index contributed by atoms with van der Waals surface area (Å²) in [7, 11) is 0. The average molecular weight is 357 g/mol. The van der Waals surface area contributed by atoms with Crippen molar-refractivity contribution in [2.24, 2.45) is 0 Å². The first-order valence-corrected chi connectivity index (χ1v) is 9.51. The largest absolute Gasteiger partial charge is 0.507 e. The second kappa shape index (κ2) is 6.04. The van der Waals surface area contributed by atoms with Gasteiger partial charge in [-0.25, -0.2) is 0 Å². The Bertz CT molecular complexity index is 843. The van der Waals surface area contributed by atoms with Crippen molar-refractivity contribution in [1.29, 1.82) is 0 Å². The van der Waals surface area contributed by atoms with E-state index in [1.807, 2.05) is 25.1 Å². The number of phenols is 1. The minimum atomic E-state index is -0.402. The lowest BCUT2D eigenvalue weighted by molar-refractivity contribution is 0.0934. The lowest BCUT2D eigenvalue weighted by Gasteiger charge is -2.31. The Hall–Kier alpha value is -2.05. The molecule has 6 heteroatoms. The second-order valence-corrected chi connectivity index (χ2v) is 8.19. The van der Waals surface area contributed by atoms with Gasteiger partial charge in [-0.3, -0.25) is 9.69 Å². The number of anilines is 1. The summed E-state index contributed by atoms with van der Waals surface area (Å²) in [6, 6.07) is 6.11. The number of hydrogen-bond donors (Lipinski definition) is 3. The summed E-state index contributed by atoms with van der Waals surface area (Å²) in [5, 5.41) is 17.7. The van der Waals surface area contributed by atoms with Crippen molar-refractivity contribution in [3.8, 4) is 5.75 Å². The molecular formula is C19H23N3O2S. The van der Waals surface area contributed by atoms with E-state index >= 15 is 0 Å². The smallest absolute Gasteiger partial charge is 0.256 e. The van der Waals surface area contributed by atoms with E-state index in [1.54, 1.807) is 11.3 Å². The topological polar surface area (TPSA) is 64.6 Å². The average Bonchev–Trinajstić information content (AvgIpc) is 2.95. The molecule has 0 aliphatic carbocycles. The molecule has 1 atom stereocenters. The van der Waals surface area contributed by atoms with E-state index in [0.717, 1.165) is 35.6 Å². The third-order valence-corrected chi connectivity index (χ3v) is 6.32. The molecule has 5 nitrogen and oxygen atoms in total. The van der Waals surface area contributed by atoms with Gasteiger partial charge in [0.05, 0.1) is 5.56 Å². The van der Waals surface area contributed by atoms with Crippen molar-refractivity contribution in [3.05, 3.63) is 45.3 Å². The van der Waals surface area contributed by atoms with Gasteiger partial charge in [-0.2, -0.15) is 0 Å². The Kier molecular flexibility index (Phi) is 3.96. The van der Waals surface area contributed by atoms with Crippen LogP contribution in [0.5, 0.6) is 5.75 Å². The zero-order chi connectivity index (χ0) is 17.7. The predicted octanol–water partition coefficient (Wildman–Crippen LogP) is 3.38. The maximum atomic E-state index is 12.8. The number of fused-ring (bicyclic) bond motifs is 3. The predicted molar refractivity (Wildman–Crippen MR) is 100 cm³/mol. The van der Waals surface area contributed by atoms with E-state index in [9.17, 15) is 9.90 Å². The molecule has 0 fully saturated rings. The Morgan fingerprint density at radius 3 is 2.88 bits per heavy atom. The second-order valence-electron chi connectivity index (χ2n) is 7.09. The highest BCUT2D eigenvalue weighted by molar-refractivity contribution is 7.16. The molecule has 132 valence electrons. The highest BCUT2D eigenvalue weighted by Gasteiger charge is 2.34. The number of benzene rings is 1. The number of amides is 1. The number of nitrogens with one attached hydrogen (secondary N) is 2. The molecule has 1 amide bonds. The molecule has 2 aromatic rings. The molecule has 0 spiro atoms. The summed E-state index contributed by atoms with van der Waals surface area (Å²) in [4.78, 5) is 16.5. The van der Waals surface area contributed by atoms with Gasteiger partial charge in [0.2, 0.25) is 0 Å². The Morgan fingerprint density at radius 2 is 2.12 bits per heavy atom. The van der Waals surface area contributed by atoms with Crippen LogP contribution >= 0.6 is 11.3 Å². The molecule has 1 aromatic carbocycles.